The van der Waals surface area contributed by atoms with Gasteiger partial charge >= 0.3 is 0 Å². The Labute approximate surface area is 76.6 Å². The Hall–Kier alpha value is -0.520. The van der Waals surface area contributed by atoms with E-state index in [1.54, 1.807) is 0 Å². The van der Waals surface area contributed by atoms with Crippen LogP contribution < -0.4 is 5.32 Å². The maximum Gasteiger partial charge on any atom is 0.00203 e. The number of hydrogen-bond acceptors (Lipinski definition) is 1. The van der Waals surface area contributed by atoms with Crippen molar-refractivity contribution >= 4 is 0 Å². The third-order valence-electron chi connectivity index (χ3n) is 1.85. The second-order valence-electron chi connectivity index (χ2n) is 3.12. The first kappa shape index (κ1) is 11.5. The predicted molar refractivity (Wildman–Crippen MR) is 55.3 cm³/mol. The lowest BCUT2D eigenvalue weighted by Crippen LogP contribution is -2.22. The Bertz CT molecular complexity index is 134. The van der Waals surface area contributed by atoms with Crippen molar-refractivity contribution in [2.45, 2.75) is 33.1 Å². The standard InChI is InChI=1S/C11H21N/c1-4-7-11(8-5-2)10-12-9-6-3/h7,11-12H,1,5-6,8-10H2,2-3H3. The van der Waals surface area contributed by atoms with Gasteiger partial charge in [-0.25, -0.2) is 0 Å². The average molecular weight is 167 g/mol. The van der Waals surface area contributed by atoms with Gasteiger partial charge in [-0.3, -0.25) is 0 Å². The van der Waals surface area contributed by atoms with Crippen LogP contribution in [0.2, 0.25) is 0 Å². The molecule has 1 atom stereocenters. The van der Waals surface area contributed by atoms with Crippen LogP contribution in [-0.2, 0) is 0 Å². The van der Waals surface area contributed by atoms with Crippen molar-refractivity contribution in [1.82, 2.24) is 5.32 Å². The minimum Gasteiger partial charge on any atom is -0.316 e. The Morgan fingerprint density at radius 3 is 2.67 bits per heavy atom. The van der Waals surface area contributed by atoms with Gasteiger partial charge in [-0.05, 0) is 31.4 Å². The van der Waals surface area contributed by atoms with Crippen molar-refractivity contribution < 1.29 is 0 Å². The molecule has 1 unspecified atom stereocenters. The lowest BCUT2D eigenvalue weighted by Gasteiger charge is -2.10. The van der Waals surface area contributed by atoms with Gasteiger partial charge in [0.05, 0.1) is 0 Å². The zero-order chi connectivity index (χ0) is 9.23. The van der Waals surface area contributed by atoms with Crippen LogP contribution in [0.5, 0.6) is 0 Å². The van der Waals surface area contributed by atoms with Crippen LogP contribution >= 0.6 is 0 Å². The van der Waals surface area contributed by atoms with Gasteiger partial charge < -0.3 is 5.32 Å². The second-order valence-corrected chi connectivity index (χ2v) is 3.12. The van der Waals surface area contributed by atoms with Crippen LogP contribution in [0.3, 0.4) is 0 Å². The van der Waals surface area contributed by atoms with Crippen LogP contribution in [0.25, 0.3) is 0 Å². The topological polar surface area (TPSA) is 12.0 Å². The Kier molecular flexibility index (Phi) is 8.20. The summed E-state index contributed by atoms with van der Waals surface area (Å²) in [6.45, 7) is 10.2. The molecule has 1 N–H and O–H groups in total. The second kappa shape index (κ2) is 8.58. The quantitative estimate of drug-likeness (QED) is 0.454. The van der Waals surface area contributed by atoms with Gasteiger partial charge in [0.25, 0.3) is 0 Å². The van der Waals surface area contributed by atoms with Crippen LogP contribution in [0.15, 0.2) is 18.4 Å². The fraction of sp³-hybridized carbons (Fsp3) is 0.727. The molecule has 0 saturated heterocycles. The molecular weight excluding hydrogens is 146 g/mol. The smallest absolute Gasteiger partial charge is 0.00203 e. The molecule has 0 heterocycles. The summed E-state index contributed by atoms with van der Waals surface area (Å²) in [6, 6.07) is 0. The monoisotopic (exact) mass is 167 g/mol. The highest BCUT2D eigenvalue weighted by atomic mass is 14.8. The summed E-state index contributed by atoms with van der Waals surface area (Å²) in [5.41, 5.74) is 2.86. The first-order chi connectivity index (χ1) is 5.85. The van der Waals surface area contributed by atoms with Gasteiger partial charge in [-0.1, -0.05) is 26.8 Å². The van der Waals surface area contributed by atoms with Crippen LogP contribution in [0.4, 0.5) is 0 Å². The van der Waals surface area contributed by atoms with E-state index in [4.69, 9.17) is 0 Å². The Morgan fingerprint density at radius 1 is 1.42 bits per heavy atom. The molecule has 0 radical (unpaired) electrons. The summed E-state index contributed by atoms with van der Waals surface area (Å²) < 4.78 is 0. The van der Waals surface area contributed by atoms with E-state index in [1.165, 1.54) is 19.3 Å². The molecule has 0 aromatic carbocycles. The maximum atomic E-state index is 3.60. The van der Waals surface area contributed by atoms with Crippen LogP contribution in [0, 0.1) is 5.92 Å². The molecule has 0 aliphatic carbocycles. The summed E-state index contributed by atoms with van der Waals surface area (Å²) >= 11 is 0. The van der Waals surface area contributed by atoms with Crippen molar-refractivity contribution in [3.05, 3.63) is 18.4 Å². The van der Waals surface area contributed by atoms with Gasteiger partial charge in [0.15, 0.2) is 0 Å². The van der Waals surface area contributed by atoms with E-state index in [1.807, 2.05) is 0 Å². The first-order valence-corrected chi connectivity index (χ1v) is 4.91. The van der Waals surface area contributed by atoms with Crippen molar-refractivity contribution in [2.75, 3.05) is 13.1 Å². The van der Waals surface area contributed by atoms with E-state index in [-0.39, 0.29) is 0 Å². The number of hydrogen-bond donors (Lipinski definition) is 1. The molecular formula is C11H21N. The van der Waals surface area contributed by atoms with Gasteiger partial charge in [0, 0.05) is 6.54 Å². The molecule has 1 heteroatoms. The van der Waals surface area contributed by atoms with E-state index >= 15 is 0 Å². The molecule has 12 heavy (non-hydrogen) atoms. The van der Waals surface area contributed by atoms with E-state index in [0.29, 0.717) is 5.92 Å². The van der Waals surface area contributed by atoms with E-state index in [9.17, 15) is 0 Å². The Balaban J connectivity index is 3.55. The lowest BCUT2D eigenvalue weighted by molar-refractivity contribution is 0.518. The molecule has 1 nitrogen and oxygen atoms in total. The number of rotatable bonds is 7. The summed E-state index contributed by atoms with van der Waals surface area (Å²) in [4.78, 5) is 0. The normalized spacial score (nSPS) is 12.2. The van der Waals surface area contributed by atoms with Crippen molar-refractivity contribution in [2.24, 2.45) is 5.92 Å². The maximum absolute atomic E-state index is 3.60. The Morgan fingerprint density at radius 2 is 2.17 bits per heavy atom. The van der Waals surface area contributed by atoms with Crippen molar-refractivity contribution in [3.63, 3.8) is 0 Å². The highest BCUT2D eigenvalue weighted by Gasteiger charge is 2.01. The third-order valence-corrected chi connectivity index (χ3v) is 1.85. The molecule has 0 amide bonds. The van der Waals surface area contributed by atoms with Crippen molar-refractivity contribution in [3.8, 4) is 0 Å². The van der Waals surface area contributed by atoms with Crippen molar-refractivity contribution in [1.29, 1.82) is 0 Å². The number of nitrogens with one attached hydrogen (secondary N) is 1. The van der Waals surface area contributed by atoms with Crippen LogP contribution in [-0.4, -0.2) is 13.1 Å². The minimum absolute atomic E-state index is 0.624. The summed E-state index contributed by atoms with van der Waals surface area (Å²) in [6.07, 6.45) is 5.75. The third kappa shape index (κ3) is 6.21. The summed E-state index contributed by atoms with van der Waals surface area (Å²) in [5.74, 6) is 0.624. The van der Waals surface area contributed by atoms with E-state index in [0.717, 1.165) is 13.1 Å². The molecule has 70 valence electrons. The van der Waals surface area contributed by atoms with E-state index in [2.05, 4.69) is 37.6 Å². The summed E-state index contributed by atoms with van der Waals surface area (Å²) in [7, 11) is 0. The first-order valence-electron chi connectivity index (χ1n) is 4.91. The zero-order valence-corrected chi connectivity index (χ0v) is 8.40. The SMILES string of the molecule is C=C=CC(CCC)CNCCC. The summed E-state index contributed by atoms with van der Waals surface area (Å²) in [5, 5.41) is 3.41. The largest absolute Gasteiger partial charge is 0.316 e. The molecule has 0 saturated carbocycles. The predicted octanol–water partition coefficient (Wildman–Crippen LogP) is 2.74. The molecule has 0 aliphatic rings. The fourth-order valence-corrected chi connectivity index (χ4v) is 1.25. The molecule has 0 bridgehead atoms. The zero-order valence-electron chi connectivity index (χ0n) is 8.40. The van der Waals surface area contributed by atoms with Gasteiger partial charge in [0.2, 0.25) is 0 Å². The molecule has 0 fully saturated rings. The van der Waals surface area contributed by atoms with E-state index < -0.39 is 0 Å². The van der Waals surface area contributed by atoms with Gasteiger partial charge in [0.1, 0.15) is 0 Å². The molecule has 0 aliphatic heterocycles. The highest BCUT2D eigenvalue weighted by molar-refractivity contribution is 4.85. The molecule has 0 aromatic rings. The molecule has 0 aromatic heterocycles. The van der Waals surface area contributed by atoms with Gasteiger partial charge in [-0.15, -0.1) is 5.73 Å². The average Bonchev–Trinajstić information content (AvgIpc) is 2.06. The van der Waals surface area contributed by atoms with Gasteiger partial charge in [-0.2, -0.15) is 0 Å². The lowest BCUT2D eigenvalue weighted by atomic mass is 10.0. The fourth-order valence-electron chi connectivity index (χ4n) is 1.25. The molecule has 0 rings (SSSR count). The van der Waals surface area contributed by atoms with Crippen LogP contribution in [0.1, 0.15) is 33.1 Å². The molecule has 0 spiro atoms. The minimum atomic E-state index is 0.624. The highest BCUT2D eigenvalue weighted by Crippen LogP contribution is 2.05.